The third-order valence-electron chi connectivity index (χ3n) is 4.22. The van der Waals surface area contributed by atoms with Crippen molar-refractivity contribution in [1.29, 1.82) is 0 Å². The van der Waals surface area contributed by atoms with Gasteiger partial charge >= 0.3 is 11.9 Å². The van der Waals surface area contributed by atoms with Crippen LogP contribution in [0.1, 0.15) is 11.3 Å². The molecule has 13 heteroatoms. The molecule has 1 N–H and O–H groups in total. The van der Waals surface area contributed by atoms with Crippen LogP contribution in [0, 0.1) is 10.1 Å². The second-order valence-corrected chi connectivity index (χ2v) is 6.64. The molecule has 0 bridgehead atoms. The zero-order valence-electron chi connectivity index (χ0n) is 15.6. The van der Waals surface area contributed by atoms with Crippen LogP contribution in [0.25, 0.3) is 11.1 Å². The molecule has 0 aliphatic heterocycles. The highest BCUT2D eigenvalue weighted by Crippen LogP contribution is 2.38. The molecular formula is C18H12ClF3N4O5. The first kappa shape index (κ1) is 22.0. The van der Waals surface area contributed by atoms with Gasteiger partial charge in [0.1, 0.15) is 23.2 Å². The van der Waals surface area contributed by atoms with Gasteiger partial charge in [-0.25, -0.2) is 9.78 Å². The van der Waals surface area contributed by atoms with Gasteiger partial charge in [0.05, 0.1) is 22.1 Å². The Balaban J connectivity index is 2.10. The lowest BCUT2D eigenvalue weighted by molar-refractivity contribution is -0.384. The number of nitrogens with one attached hydrogen (secondary N) is 1. The summed E-state index contributed by atoms with van der Waals surface area (Å²) in [7, 11) is 0.800. The second kappa shape index (κ2) is 8.22. The van der Waals surface area contributed by atoms with E-state index in [-0.39, 0.29) is 22.1 Å². The first-order chi connectivity index (χ1) is 14.5. The molecule has 0 saturated heterocycles. The summed E-state index contributed by atoms with van der Waals surface area (Å²) in [5, 5.41) is 11.8. The van der Waals surface area contributed by atoms with E-state index in [0.717, 1.165) is 19.2 Å². The first-order valence-electron chi connectivity index (χ1n) is 8.41. The molecule has 0 spiro atoms. The van der Waals surface area contributed by atoms with E-state index in [4.69, 9.17) is 16.3 Å². The highest BCUT2D eigenvalue weighted by molar-refractivity contribution is 6.29. The molecule has 0 radical (unpaired) electrons. The molecule has 0 unspecified atom stereocenters. The number of alkyl halides is 3. The van der Waals surface area contributed by atoms with Crippen LogP contribution in [0.15, 0.2) is 46.1 Å². The van der Waals surface area contributed by atoms with Crippen LogP contribution in [0.4, 0.5) is 18.9 Å². The van der Waals surface area contributed by atoms with Crippen LogP contribution < -0.4 is 16.0 Å². The van der Waals surface area contributed by atoms with Crippen molar-refractivity contribution in [2.45, 2.75) is 12.8 Å². The highest BCUT2D eigenvalue weighted by Gasteiger charge is 2.40. The second-order valence-electron chi connectivity index (χ2n) is 6.25. The number of nitro groups is 1. The maximum Gasteiger partial charge on any atom is 0.432 e. The number of aromatic nitrogens is 3. The van der Waals surface area contributed by atoms with Crippen molar-refractivity contribution in [2.24, 2.45) is 7.05 Å². The van der Waals surface area contributed by atoms with Gasteiger partial charge in [0.25, 0.3) is 11.2 Å². The zero-order chi connectivity index (χ0) is 22.9. The van der Waals surface area contributed by atoms with E-state index < -0.39 is 44.9 Å². The molecule has 162 valence electrons. The summed E-state index contributed by atoms with van der Waals surface area (Å²) >= 11 is 5.68. The van der Waals surface area contributed by atoms with Gasteiger partial charge in [0.15, 0.2) is 0 Å². The number of aromatic amines is 1. The Hall–Kier alpha value is -3.67. The Kier molecular flexibility index (Phi) is 5.84. The molecule has 2 heterocycles. The predicted octanol–water partition coefficient (Wildman–Crippen LogP) is 3.30. The van der Waals surface area contributed by atoms with Crippen molar-refractivity contribution in [1.82, 2.24) is 14.5 Å². The number of rotatable bonds is 5. The molecule has 0 saturated carbocycles. The van der Waals surface area contributed by atoms with Crippen molar-refractivity contribution < 1.29 is 22.8 Å². The molecule has 9 nitrogen and oxygen atoms in total. The number of pyridine rings is 1. The van der Waals surface area contributed by atoms with Crippen LogP contribution in [0.5, 0.6) is 5.75 Å². The van der Waals surface area contributed by atoms with Crippen LogP contribution in [-0.4, -0.2) is 19.5 Å². The minimum absolute atomic E-state index is 0.0276. The Morgan fingerprint density at radius 3 is 2.55 bits per heavy atom. The maximum atomic E-state index is 13.6. The lowest BCUT2D eigenvalue weighted by atomic mass is 10.0. The van der Waals surface area contributed by atoms with Gasteiger partial charge in [-0.05, 0) is 18.2 Å². The fourth-order valence-corrected chi connectivity index (χ4v) is 2.94. The summed E-state index contributed by atoms with van der Waals surface area (Å²) in [5.74, 6) is -0.0276. The normalized spacial score (nSPS) is 11.4. The summed E-state index contributed by atoms with van der Waals surface area (Å²) in [6.07, 6.45) is -3.70. The molecular weight excluding hydrogens is 445 g/mol. The molecule has 2 aromatic heterocycles. The third kappa shape index (κ3) is 4.58. The number of hydrogen-bond donors (Lipinski definition) is 1. The number of halogens is 4. The Morgan fingerprint density at radius 2 is 1.97 bits per heavy atom. The third-order valence-corrected chi connectivity index (χ3v) is 4.45. The van der Waals surface area contributed by atoms with Gasteiger partial charge in [-0.2, -0.15) is 13.2 Å². The Bertz CT molecular complexity index is 1270. The number of benzene rings is 1. The SMILES string of the molecule is Cn1c(C(F)(F)F)c(-c2ccc(OCc3ccc(Cl)nc3)cc2[N+](=O)[O-])c(=O)[nH]c1=O. The molecule has 0 aliphatic carbocycles. The topological polar surface area (TPSA) is 120 Å². The highest BCUT2D eigenvalue weighted by atomic mass is 35.5. The smallest absolute Gasteiger partial charge is 0.432 e. The molecule has 0 atom stereocenters. The van der Waals surface area contributed by atoms with Crippen molar-refractivity contribution in [3.8, 4) is 16.9 Å². The van der Waals surface area contributed by atoms with Crippen molar-refractivity contribution >= 4 is 17.3 Å². The van der Waals surface area contributed by atoms with Crippen molar-refractivity contribution in [3.63, 3.8) is 0 Å². The predicted molar refractivity (Wildman–Crippen MR) is 103 cm³/mol. The Labute approximate surface area is 175 Å². The zero-order valence-corrected chi connectivity index (χ0v) is 16.3. The summed E-state index contributed by atoms with van der Waals surface area (Å²) in [5.41, 5.74) is -6.19. The van der Waals surface area contributed by atoms with E-state index in [9.17, 15) is 32.9 Å². The van der Waals surface area contributed by atoms with Crippen LogP contribution in [-0.2, 0) is 19.8 Å². The minimum atomic E-state index is -5.12. The van der Waals surface area contributed by atoms with E-state index in [1.54, 1.807) is 11.1 Å². The van der Waals surface area contributed by atoms with E-state index in [1.165, 1.54) is 18.3 Å². The van der Waals surface area contributed by atoms with E-state index in [0.29, 0.717) is 5.56 Å². The van der Waals surface area contributed by atoms with Gasteiger partial charge < -0.3 is 4.74 Å². The molecule has 0 fully saturated rings. The monoisotopic (exact) mass is 456 g/mol. The van der Waals surface area contributed by atoms with Crippen LogP contribution in [0.3, 0.4) is 0 Å². The summed E-state index contributed by atoms with van der Waals surface area (Å²) in [6, 6.07) is 6.14. The molecule has 3 aromatic rings. The lowest BCUT2D eigenvalue weighted by Gasteiger charge is -2.16. The number of ether oxygens (including phenoxy) is 1. The minimum Gasteiger partial charge on any atom is -0.489 e. The van der Waals surface area contributed by atoms with Gasteiger partial charge in [0, 0.05) is 18.8 Å². The summed E-state index contributed by atoms with van der Waals surface area (Å²) < 4.78 is 46.4. The van der Waals surface area contributed by atoms with Gasteiger partial charge in [-0.1, -0.05) is 17.7 Å². The fraction of sp³-hybridized carbons (Fsp3) is 0.167. The van der Waals surface area contributed by atoms with Gasteiger partial charge in [0.2, 0.25) is 0 Å². The van der Waals surface area contributed by atoms with Gasteiger partial charge in [-0.15, -0.1) is 0 Å². The molecule has 31 heavy (non-hydrogen) atoms. The quantitative estimate of drug-likeness (QED) is 0.357. The molecule has 3 rings (SSSR count). The molecule has 1 aromatic carbocycles. The number of H-pyrrole nitrogens is 1. The summed E-state index contributed by atoms with van der Waals surface area (Å²) in [6.45, 7) is -0.0467. The first-order valence-corrected chi connectivity index (χ1v) is 8.79. The Morgan fingerprint density at radius 1 is 1.26 bits per heavy atom. The number of nitro benzene ring substituents is 1. The maximum absolute atomic E-state index is 13.6. The van der Waals surface area contributed by atoms with Crippen LogP contribution in [0.2, 0.25) is 5.15 Å². The number of nitrogens with zero attached hydrogens (tertiary/aromatic N) is 3. The van der Waals surface area contributed by atoms with Crippen molar-refractivity contribution in [2.75, 3.05) is 0 Å². The standard InChI is InChI=1S/C18H12ClF3N4O5/c1-25-15(18(20,21)22)14(16(27)24-17(25)28)11-4-3-10(6-12(11)26(29)30)31-8-9-2-5-13(19)23-7-9/h2-7H,8H2,1H3,(H,24,27,28). The number of hydrogen-bond acceptors (Lipinski definition) is 6. The van der Waals surface area contributed by atoms with E-state index in [1.807, 2.05) is 0 Å². The average Bonchev–Trinajstić information content (AvgIpc) is 2.69. The molecule has 0 amide bonds. The lowest BCUT2D eigenvalue weighted by Crippen LogP contribution is -2.35. The molecule has 0 aliphatic rings. The van der Waals surface area contributed by atoms with Crippen molar-refractivity contribution in [3.05, 3.63) is 83.9 Å². The van der Waals surface area contributed by atoms with E-state index in [2.05, 4.69) is 4.98 Å². The summed E-state index contributed by atoms with van der Waals surface area (Å²) in [4.78, 5) is 40.0. The van der Waals surface area contributed by atoms with E-state index >= 15 is 0 Å². The fourth-order valence-electron chi connectivity index (χ4n) is 2.82. The average molecular weight is 457 g/mol. The van der Waals surface area contributed by atoms with Gasteiger partial charge in [-0.3, -0.25) is 24.5 Å². The largest absolute Gasteiger partial charge is 0.489 e. The van der Waals surface area contributed by atoms with Crippen LogP contribution >= 0.6 is 11.6 Å².